The molecular weight excluding hydrogens is 220 g/mol. The number of aryl methyl sites for hydroxylation is 1. The molecule has 2 rings (SSSR count). The second-order valence-corrected chi connectivity index (χ2v) is 4.14. The maximum atomic E-state index is 5.37. The zero-order chi connectivity index (χ0) is 13.0. The van der Waals surface area contributed by atoms with Gasteiger partial charge in [-0.1, -0.05) is 54.6 Å². The molecule has 2 aromatic carbocycles. The van der Waals surface area contributed by atoms with Crippen LogP contribution >= 0.6 is 0 Å². The van der Waals surface area contributed by atoms with Crippen molar-refractivity contribution < 1.29 is 0 Å². The van der Waals surface area contributed by atoms with Gasteiger partial charge in [-0.25, -0.2) is 4.99 Å². The fraction of sp³-hybridized carbons (Fsp3) is 0.0625. The predicted octanol–water partition coefficient (Wildman–Crippen LogP) is 3.68. The van der Waals surface area contributed by atoms with Gasteiger partial charge in [0.15, 0.2) is 0 Å². The van der Waals surface area contributed by atoms with Crippen molar-refractivity contribution in [2.45, 2.75) is 6.92 Å². The van der Waals surface area contributed by atoms with Crippen LogP contribution in [0.1, 0.15) is 16.7 Å². The highest BCUT2D eigenvalue weighted by molar-refractivity contribution is 5.84. The van der Waals surface area contributed by atoms with Crippen LogP contribution in [0.2, 0.25) is 0 Å². The van der Waals surface area contributed by atoms with Gasteiger partial charge >= 0.3 is 0 Å². The lowest BCUT2D eigenvalue weighted by molar-refractivity contribution is 1.43. The molecule has 90 valence electrons. The Hall–Kier alpha value is -2.35. The third kappa shape index (κ3) is 2.48. The van der Waals surface area contributed by atoms with Crippen LogP contribution in [0.4, 0.5) is 5.69 Å². The molecule has 0 amide bonds. The first kappa shape index (κ1) is 12.1. The SMILES string of the molecule is C=C(c1cccc(C)c1)c1ccccc1N=CN. The fourth-order valence-electron chi connectivity index (χ4n) is 1.91. The molecule has 0 heterocycles. The number of hydrogen-bond donors (Lipinski definition) is 1. The van der Waals surface area contributed by atoms with Crippen molar-refractivity contribution in [1.29, 1.82) is 0 Å². The predicted molar refractivity (Wildman–Crippen MR) is 78.1 cm³/mol. The number of rotatable bonds is 3. The van der Waals surface area contributed by atoms with Crippen molar-refractivity contribution in [3.63, 3.8) is 0 Å². The number of nitrogens with zero attached hydrogens (tertiary/aromatic N) is 1. The molecule has 2 nitrogen and oxygen atoms in total. The van der Waals surface area contributed by atoms with Crippen LogP contribution in [0.15, 0.2) is 60.1 Å². The lowest BCUT2D eigenvalue weighted by Gasteiger charge is -2.09. The van der Waals surface area contributed by atoms with E-state index in [0.29, 0.717) is 0 Å². The number of aliphatic imine (C=N–C) groups is 1. The maximum absolute atomic E-state index is 5.37. The van der Waals surface area contributed by atoms with Crippen LogP contribution in [0.3, 0.4) is 0 Å². The molecule has 0 aliphatic heterocycles. The van der Waals surface area contributed by atoms with Crippen LogP contribution in [-0.2, 0) is 0 Å². The fourth-order valence-corrected chi connectivity index (χ4v) is 1.91. The second kappa shape index (κ2) is 5.32. The van der Waals surface area contributed by atoms with E-state index in [0.717, 1.165) is 22.4 Å². The number of para-hydroxylation sites is 1. The van der Waals surface area contributed by atoms with Crippen LogP contribution in [-0.4, -0.2) is 6.34 Å². The molecule has 0 atom stereocenters. The van der Waals surface area contributed by atoms with E-state index in [1.165, 1.54) is 11.9 Å². The van der Waals surface area contributed by atoms with Gasteiger partial charge in [-0.2, -0.15) is 0 Å². The lowest BCUT2D eigenvalue weighted by Crippen LogP contribution is -1.91. The highest BCUT2D eigenvalue weighted by Crippen LogP contribution is 2.29. The third-order valence-corrected chi connectivity index (χ3v) is 2.81. The zero-order valence-electron chi connectivity index (χ0n) is 10.4. The Morgan fingerprint density at radius 3 is 2.67 bits per heavy atom. The Morgan fingerprint density at radius 2 is 1.94 bits per heavy atom. The van der Waals surface area contributed by atoms with Crippen LogP contribution in [0.5, 0.6) is 0 Å². The summed E-state index contributed by atoms with van der Waals surface area (Å²) in [5, 5.41) is 0. The molecular formula is C16H16N2. The van der Waals surface area contributed by atoms with Gasteiger partial charge in [0.25, 0.3) is 0 Å². The minimum atomic E-state index is 0.839. The van der Waals surface area contributed by atoms with Crippen molar-refractivity contribution in [3.8, 4) is 0 Å². The smallest absolute Gasteiger partial charge is 0.0860 e. The van der Waals surface area contributed by atoms with Gasteiger partial charge in [0.1, 0.15) is 0 Å². The van der Waals surface area contributed by atoms with E-state index < -0.39 is 0 Å². The summed E-state index contributed by atoms with van der Waals surface area (Å²) in [6.07, 6.45) is 1.31. The van der Waals surface area contributed by atoms with Crippen molar-refractivity contribution in [3.05, 3.63) is 71.8 Å². The molecule has 2 heteroatoms. The highest BCUT2D eigenvalue weighted by Gasteiger charge is 2.06. The standard InChI is InChI=1S/C16H16N2/c1-12-6-5-7-14(10-12)13(2)15-8-3-4-9-16(15)18-11-17/h3-11H,2H2,1H3,(H2,17,18). The molecule has 0 aliphatic rings. The van der Waals surface area contributed by atoms with E-state index in [4.69, 9.17) is 5.73 Å². The highest BCUT2D eigenvalue weighted by atomic mass is 14.8. The van der Waals surface area contributed by atoms with Gasteiger partial charge in [-0.05, 0) is 24.1 Å². The van der Waals surface area contributed by atoms with Crippen molar-refractivity contribution in [2.24, 2.45) is 10.7 Å². The van der Waals surface area contributed by atoms with Gasteiger partial charge < -0.3 is 5.73 Å². The van der Waals surface area contributed by atoms with Gasteiger partial charge in [0.05, 0.1) is 12.0 Å². The van der Waals surface area contributed by atoms with Crippen LogP contribution < -0.4 is 5.73 Å². The van der Waals surface area contributed by atoms with E-state index in [1.807, 2.05) is 30.3 Å². The van der Waals surface area contributed by atoms with Crippen molar-refractivity contribution >= 4 is 17.6 Å². The molecule has 0 radical (unpaired) electrons. The molecule has 0 aromatic heterocycles. The molecule has 0 fully saturated rings. The number of benzene rings is 2. The molecule has 0 bridgehead atoms. The third-order valence-electron chi connectivity index (χ3n) is 2.81. The largest absolute Gasteiger partial charge is 0.390 e. The van der Waals surface area contributed by atoms with E-state index in [1.54, 1.807) is 0 Å². The summed E-state index contributed by atoms with van der Waals surface area (Å²) >= 11 is 0. The summed E-state index contributed by atoms with van der Waals surface area (Å²) in [4.78, 5) is 4.17. The second-order valence-electron chi connectivity index (χ2n) is 4.14. The first-order chi connectivity index (χ1) is 8.72. The Kier molecular flexibility index (Phi) is 3.58. The van der Waals surface area contributed by atoms with Gasteiger partial charge in [0, 0.05) is 5.56 Å². The van der Waals surface area contributed by atoms with E-state index in [9.17, 15) is 0 Å². The molecule has 18 heavy (non-hydrogen) atoms. The normalized spacial score (nSPS) is 10.7. The molecule has 2 aromatic rings. The number of hydrogen-bond acceptors (Lipinski definition) is 1. The van der Waals surface area contributed by atoms with Crippen LogP contribution in [0.25, 0.3) is 5.57 Å². The minimum Gasteiger partial charge on any atom is -0.390 e. The quantitative estimate of drug-likeness (QED) is 0.640. The Morgan fingerprint density at radius 1 is 1.17 bits per heavy atom. The Bertz CT molecular complexity index is 598. The van der Waals surface area contributed by atoms with Crippen LogP contribution in [0, 0.1) is 6.92 Å². The topological polar surface area (TPSA) is 38.4 Å². The summed E-state index contributed by atoms with van der Waals surface area (Å²) in [5.74, 6) is 0. The summed E-state index contributed by atoms with van der Waals surface area (Å²) in [6.45, 7) is 6.23. The van der Waals surface area contributed by atoms with Crippen molar-refractivity contribution in [2.75, 3.05) is 0 Å². The summed E-state index contributed by atoms with van der Waals surface area (Å²) in [7, 11) is 0. The number of nitrogens with two attached hydrogens (primary N) is 1. The molecule has 0 saturated carbocycles. The molecule has 0 saturated heterocycles. The van der Waals surface area contributed by atoms with E-state index in [-0.39, 0.29) is 0 Å². The summed E-state index contributed by atoms with van der Waals surface area (Å²) in [5.41, 5.74) is 10.5. The van der Waals surface area contributed by atoms with E-state index >= 15 is 0 Å². The maximum Gasteiger partial charge on any atom is 0.0860 e. The first-order valence-electron chi connectivity index (χ1n) is 5.82. The van der Waals surface area contributed by atoms with Gasteiger partial charge in [-0.3, -0.25) is 0 Å². The molecule has 0 unspecified atom stereocenters. The monoisotopic (exact) mass is 236 g/mol. The average molecular weight is 236 g/mol. The molecule has 2 N–H and O–H groups in total. The van der Waals surface area contributed by atoms with E-state index in [2.05, 4.69) is 36.7 Å². The Balaban J connectivity index is 2.46. The molecule has 0 aliphatic carbocycles. The van der Waals surface area contributed by atoms with Crippen molar-refractivity contribution in [1.82, 2.24) is 0 Å². The minimum absolute atomic E-state index is 0.839. The average Bonchev–Trinajstić information content (AvgIpc) is 2.39. The first-order valence-corrected chi connectivity index (χ1v) is 5.82. The summed E-state index contributed by atoms with van der Waals surface area (Å²) in [6, 6.07) is 16.1. The lowest BCUT2D eigenvalue weighted by atomic mass is 9.97. The van der Waals surface area contributed by atoms with Gasteiger partial charge in [0.2, 0.25) is 0 Å². The molecule has 0 spiro atoms. The Labute approximate surface area is 107 Å². The summed E-state index contributed by atoms with van der Waals surface area (Å²) < 4.78 is 0. The van der Waals surface area contributed by atoms with Gasteiger partial charge in [-0.15, -0.1) is 0 Å². The zero-order valence-corrected chi connectivity index (χ0v) is 10.4.